The number of thiophene rings is 1. The molecule has 3 aromatic heterocycles. The second-order valence-electron chi connectivity index (χ2n) is 4.57. The number of aliphatic carboxylic acids is 1. The summed E-state index contributed by atoms with van der Waals surface area (Å²) in [5.74, 6) is 0.174. The highest BCUT2D eigenvalue weighted by Gasteiger charge is 2.17. The summed E-state index contributed by atoms with van der Waals surface area (Å²) >= 11 is 1.37. The first-order valence-electron chi connectivity index (χ1n) is 6.32. The van der Waals surface area contributed by atoms with Gasteiger partial charge in [0.2, 0.25) is 0 Å². The van der Waals surface area contributed by atoms with Crippen LogP contribution in [-0.2, 0) is 11.3 Å². The lowest BCUT2D eigenvalue weighted by molar-refractivity contribution is -0.137. The number of fused-ring (bicyclic) bond motifs is 1. The molecule has 0 bridgehead atoms. The van der Waals surface area contributed by atoms with Gasteiger partial charge in [-0.05, 0) is 19.1 Å². The van der Waals surface area contributed by atoms with E-state index in [1.54, 1.807) is 25.3 Å². The Labute approximate surface area is 123 Å². The number of carboxylic acid groups (broad SMARTS) is 1. The van der Waals surface area contributed by atoms with E-state index in [9.17, 15) is 9.59 Å². The van der Waals surface area contributed by atoms with E-state index in [0.29, 0.717) is 27.4 Å². The molecule has 0 aliphatic heterocycles. The number of hydrogen-bond donors (Lipinski definition) is 1. The Morgan fingerprint density at radius 1 is 1.52 bits per heavy atom. The Morgan fingerprint density at radius 3 is 3.00 bits per heavy atom. The SMILES string of the molecule is Cc1nc2scc(-c3ccco3)c2c(=O)n1CCC(=O)O. The topological polar surface area (TPSA) is 85.3 Å². The summed E-state index contributed by atoms with van der Waals surface area (Å²) in [5, 5.41) is 11.1. The first-order valence-corrected chi connectivity index (χ1v) is 7.20. The maximum Gasteiger partial charge on any atom is 0.305 e. The molecule has 0 unspecified atom stereocenters. The van der Waals surface area contributed by atoms with E-state index in [-0.39, 0.29) is 18.5 Å². The minimum absolute atomic E-state index is 0.108. The van der Waals surface area contributed by atoms with Crippen molar-refractivity contribution in [3.05, 3.63) is 40.0 Å². The van der Waals surface area contributed by atoms with Crippen molar-refractivity contribution in [3.63, 3.8) is 0 Å². The minimum atomic E-state index is -0.946. The van der Waals surface area contributed by atoms with Crippen LogP contribution in [0.25, 0.3) is 21.5 Å². The molecule has 0 aliphatic carbocycles. The molecular formula is C14H12N2O4S. The first kappa shape index (κ1) is 13.6. The fraction of sp³-hybridized carbons (Fsp3) is 0.214. The summed E-state index contributed by atoms with van der Waals surface area (Å²) in [7, 11) is 0. The average molecular weight is 304 g/mol. The van der Waals surface area contributed by atoms with Crippen LogP contribution in [0, 0.1) is 6.92 Å². The second kappa shape index (κ2) is 5.17. The largest absolute Gasteiger partial charge is 0.481 e. The van der Waals surface area contributed by atoms with Crippen molar-refractivity contribution in [2.24, 2.45) is 0 Å². The van der Waals surface area contributed by atoms with Gasteiger partial charge >= 0.3 is 5.97 Å². The Morgan fingerprint density at radius 2 is 2.33 bits per heavy atom. The molecule has 108 valence electrons. The summed E-state index contributed by atoms with van der Waals surface area (Å²) in [6, 6.07) is 3.53. The van der Waals surface area contributed by atoms with E-state index in [0.717, 1.165) is 0 Å². The molecule has 0 saturated heterocycles. The molecule has 21 heavy (non-hydrogen) atoms. The number of furan rings is 1. The van der Waals surface area contributed by atoms with Gasteiger partial charge in [0.1, 0.15) is 16.4 Å². The van der Waals surface area contributed by atoms with Gasteiger partial charge in [-0.3, -0.25) is 14.2 Å². The number of aromatic nitrogens is 2. The molecule has 6 nitrogen and oxygen atoms in total. The normalized spacial score (nSPS) is 11.1. The van der Waals surface area contributed by atoms with Gasteiger partial charge in [-0.2, -0.15) is 0 Å². The van der Waals surface area contributed by atoms with Crippen LogP contribution in [0.4, 0.5) is 0 Å². The van der Waals surface area contributed by atoms with E-state index in [1.807, 2.05) is 5.38 Å². The molecule has 7 heteroatoms. The van der Waals surface area contributed by atoms with Gasteiger partial charge in [-0.15, -0.1) is 11.3 Å². The van der Waals surface area contributed by atoms with Gasteiger partial charge in [0.15, 0.2) is 0 Å². The average Bonchev–Trinajstić information content (AvgIpc) is 3.05. The van der Waals surface area contributed by atoms with Crippen molar-refractivity contribution in [1.82, 2.24) is 9.55 Å². The Bertz CT molecular complexity index is 861. The summed E-state index contributed by atoms with van der Waals surface area (Å²) in [5.41, 5.74) is 0.466. The summed E-state index contributed by atoms with van der Waals surface area (Å²) in [6.45, 7) is 1.81. The van der Waals surface area contributed by atoms with Gasteiger partial charge in [-0.1, -0.05) is 0 Å². The number of carbonyl (C=O) groups is 1. The lowest BCUT2D eigenvalue weighted by atomic mass is 10.2. The molecule has 0 spiro atoms. The Balaban J connectivity index is 2.20. The van der Waals surface area contributed by atoms with Crippen LogP contribution < -0.4 is 5.56 Å². The molecule has 1 N–H and O–H groups in total. The molecule has 0 radical (unpaired) electrons. The van der Waals surface area contributed by atoms with Gasteiger partial charge < -0.3 is 9.52 Å². The highest BCUT2D eigenvalue weighted by molar-refractivity contribution is 7.17. The van der Waals surface area contributed by atoms with Gasteiger partial charge in [0, 0.05) is 17.5 Å². The highest BCUT2D eigenvalue weighted by Crippen LogP contribution is 2.31. The van der Waals surface area contributed by atoms with Crippen LogP contribution in [0.1, 0.15) is 12.2 Å². The van der Waals surface area contributed by atoms with E-state index >= 15 is 0 Å². The number of rotatable bonds is 4. The van der Waals surface area contributed by atoms with Crippen molar-refractivity contribution in [2.75, 3.05) is 0 Å². The molecule has 0 aromatic carbocycles. The van der Waals surface area contributed by atoms with E-state index in [1.165, 1.54) is 15.9 Å². The highest BCUT2D eigenvalue weighted by atomic mass is 32.1. The zero-order chi connectivity index (χ0) is 15.0. The van der Waals surface area contributed by atoms with Crippen molar-refractivity contribution >= 4 is 27.5 Å². The summed E-state index contributed by atoms with van der Waals surface area (Å²) in [6.07, 6.45) is 1.43. The standard InChI is InChI=1S/C14H12N2O4S/c1-8-15-13-12(14(19)16(8)5-4-11(17)18)9(7-21-13)10-3-2-6-20-10/h2-3,6-7H,4-5H2,1H3,(H,17,18). The Kier molecular flexibility index (Phi) is 3.34. The number of nitrogens with zero attached hydrogens (tertiary/aromatic N) is 2. The summed E-state index contributed by atoms with van der Waals surface area (Å²) in [4.78, 5) is 28.4. The first-order chi connectivity index (χ1) is 10.1. The molecule has 0 saturated carbocycles. The fourth-order valence-electron chi connectivity index (χ4n) is 2.21. The quantitative estimate of drug-likeness (QED) is 0.800. The van der Waals surface area contributed by atoms with Crippen molar-refractivity contribution in [1.29, 1.82) is 0 Å². The van der Waals surface area contributed by atoms with Crippen LogP contribution >= 0.6 is 11.3 Å². The van der Waals surface area contributed by atoms with Crippen LogP contribution in [0.5, 0.6) is 0 Å². The van der Waals surface area contributed by atoms with Crippen LogP contribution in [0.15, 0.2) is 33.0 Å². The van der Waals surface area contributed by atoms with E-state index < -0.39 is 5.97 Å². The molecule has 3 rings (SSSR count). The van der Waals surface area contributed by atoms with Gasteiger partial charge in [0.25, 0.3) is 5.56 Å². The van der Waals surface area contributed by atoms with Crippen LogP contribution in [-0.4, -0.2) is 20.6 Å². The monoisotopic (exact) mass is 304 g/mol. The number of carboxylic acids is 1. The van der Waals surface area contributed by atoms with Crippen LogP contribution in [0.2, 0.25) is 0 Å². The molecule has 3 aromatic rings. The van der Waals surface area contributed by atoms with Crippen molar-refractivity contribution in [3.8, 4) is 11.3 Å². The van der Waals surface area contributed by atoms with Crippen molar-refractivity contribution in [2.45, 2.75) is 19.9 Å². The van der Waals surface area contributed by atoms with E-state index in [4.69, 9.17) is 9.52 Å². The minimum Gasteiger partial charge on any atom is -0.481 e. The third kappa shape index (κ3) is 2.36. The summed E-state index contributed by atoms with van der Waals surface area (Å²) < 4.78 is 6.74. The van der Waals surface area contributed by atoms with Gasteiger partial charge in [0.05, 0.1) is 18.1 Å². The number of aryl methyl sites for hydroxylation is 1. The Hall–Kier alpha value is -2.41. The second-order valence-corrected chi connectivity index (χ2v) is 5.42. The fourth-order valence-corrected chi connectivity index (χ4v) is 3.17. The zero-order valence-corrected chi connectivity index (χ0v) is 12.0. The van der Waals surface area contributed by atoms with Crippen LogP contribution in [0.3, 0.4) is 0 Å². The van der Waals surface area contributed by atoms with Gasteiger partial charge in [-0.25, -0.2) is 4.98 Å². The molecule has 0 atom stereocenters. The predicted molar refractivity (Wildman–Crippen MR) is 78.6 cm³/mol. The molecule has 3 heterocycles. The maximum atomic E-state index is 12.6. The third-order valence-corrected chi connectivity index (χ3v) is 4.09. The van der Waals surface area contributed by atoms with E-state index in [2.05, 4.69) is 4.98 Å². The molecule has 0 amide bonds. The zero-order valence-electron chi connectivity index (χ0n) is 11.2. The maximum absolute atomic E-state index is 12.6. The smallest absolute Gasteiger partial charge is 0.305 e. The molecular weight excluding hydrogens is 292 g/mol. The molecule has 0 fully saturated rings. The lowest BCUT2D eigenvalue weighted by Gasteiger charge is -2.08. The lowest BCUT2D eigenvalue weighted by Crippen LogP contribution is -2.24. The van der Waals surface area contributed by atoms with Crippen molar-refractivity contribution < 1.29 is 14.3 Å². The predicted octanol–water partition coefficient (Wildman–Crippen LogP) is 2.50. The third-order valence-electron chi connectivity index (χ3n) is 3.22. The number of hydrogen-bond acceptors (Lipinski definition) is 5. The molecule has 0 aliphatic rings.